The molecule has 3 rings (SSSR count). The zero-order valence-corrected chi connectivity index (χ0v) is 16.9. The average molecular weight is 392 g/mol. The minimum absolute atomic E-state index is 0.0210. The number of ketones is 1. The molecule has 29 heavy (non-hydrogen) atoms. The molecule has 5 nitrogen and oxygen atoms in total. The minimum atomic E-state index is -0.0774. The molecule has 0 aliphatic carbocycles. The van der Waals surface area contributed by atoms with Crippen molar-refractivity contribution in [1.29, 1.82) is 0 Å². The van der Waals surface area contributed by atoms with E-state index in [2.05, 4.69) is 5.32 Å². The lowest BCUT2D eigenvalue weighted by molar-refractivity contribution is -0.132. The maximum absolute atomic E-state index is 12.6. The van der Waals surface area contributed by atoms with Crippen molar-refractivity contribution in [3.05, 3.63) is 71.3 Å². The molecule has 1 aliphatic heterocycles. The molecule has 1 N–H and O–H groups in total. The van der Waals surface area contributed by atoms with E-state index < -0.39 is 0 Å². The summed E-state index contributed by atoms with van der Waals surface area (Å²) in [6.45, 7) is 3.54. The third-order valence-corrected chi connectivity index (χ3v) is 5.42. The normalized spacial score (nSPS) is 14.4. The van der Waals surface area contributed by atoms with Crippen molar-refractivity contribution in [2.75, 3.05) is 19.6 Å². The molecule has 1 fully saturated rings. The van der Waals surface area contributed by atoms with E-state index in [1.807, 2.05) is 66.4 Å². The standard InChI is InChI=1S/C24H28N2O3/c1-18-7-9-20(10-8-18)24(29)21-12-15-26(16-13-21)23(28)11-14-25-22(27)17-19-5-3-2-4-6-19/h2-10,21H,11-17H2,1H3,(H,25,27). The van der Waals surface area contributed by atoms with Crippen LogP contribution in [0.25, 0.3) is 0 Å². The molecule has 0 radical (unpaired) electrons. The molecule has 2 amide bonds. The molecule has 152 valence electrons. The van der Waals surface area contributed by atoms with E-state index in [1.165, 1.54) is 0 Å². The maximum Gasteiger partial charge on any atom is 0.224 e. The fourth-order valence-electron chi connectivity index (χ4n) is 3.66. The smallest absolute Gasteiger partial charge is 0.224 e. The second kappa shape index (κ2) is 10.0. The van der Waals surface area contributed by atoms with E-state index in [4.69, 9.17) is 0 Å². The van der Waals surface area contributed by atoms with E-state index in [0.717, 1.165) is 16.7 Å². The second-order valence-electron chi connectivity index (χ2n) is 7.65. The number of carbonyl (C=O) groups excluding carboxylic acids is 3. The number of aryl methyl sites for hydroxylation is 1. The summed E-state index contributed by atoms with van der Waals surface area (Å²) in [5.41, 5.74) is 2.84. The van der Waals surface area contributed by atoms with Crippen LogP contribution in [-0.2, 0) is 16.0 Å². The van der Waals surface area contributed by atoms with Crippen molar-refractivity contribution in [2.45, 2.75) is 32.6 Å². The zero-order valence-electron chi connectivity index (χ0n) is 16.9. The molecular weight excluding hydrogens is 364 g/mol. The number of nitrogens with one attached hydrogen (secondary N) is 1. The highest BCUT2D eigenvalue weighted by molar-refractivity contribution is 5.98. The molecular formula is C24H28N2O3. The predicted molar refractivity (Wildman–Crippen MR) is 113 cm³/mol. The van der Waals surface area contributed by atoms with Gasteiger partial charge in [0.2, 0.25) is 11.8 Å². The number of rotatable bonds is 7. The van der Waals surface area contributed by atoms with Crippen LogP contribution in [0.15, 0.2) is 54.6 Å². The van der Waals surface area contributed by atoms with Crippen LogP contribution in [0, 0.1) is 12.8 Å². The Labute approximate surface area is 172 Å². The van der Waals surface area contributed by atoms with Crippen molar-refractivity contribution < 1.29 is 14.4 Å². The van der Waals surface area contributed by atoms with Gasteiger partial charge >= 0.3 is 0 Å². The summed E-state index contributed by atoms with van der Waals surface area (Å²) in [5.74, 6) is 0.107. The van der Waals surface area contributed by atoms with Gasteiger partial charge in [0.25, 0.3) is 0 Å². The number of piperidine rings is 1. The lowest BCUT2D eigenvalue weighted by Gasteiger charge is -2.31. The summed E-state index contributed by atoms with van der Waals surface area (Å²) in [6, 6.07) is 17.2. The fraction of sp³-hybridized carbons (Fsp3) is 0.375. The molecule has 0 unspecified atom stereocenters. The van der Waals surface area contributed by atoms with E-state index in [0.29, 0.717) is 38.9 Å². The van der Waals surface area contributed by atoms with Gasteiger partial charge in [-0.15, -0.1) is 0 Å². The Balaban J connectivity index is 1.38. The highest BCUT2D eigenvalue weighted by Crippen LogP contribution is 2.22. The van der Waals surface area contributed by atoms with Gasteiger partial charge in [-0.25, -0.2) is 0 Å². The molecule has 1 aliphatic rings. The summed E-state index contributed by atoms with van der Waals surface area (Å²) in [4.78, 5) is 38.8. The number of carbonyl (C=O) groups is 3. The first-order valence-electron chi connectivity index (χ1n) is 10.2. The first kappa shape index (κ1) is 20.8. The van der Waals surface area contributed by atoms with Crippen LogP contribution in [0.3, 0.4) is 0 Å². The van der Waals surface area contributed by atoms with Crippen molar-refractivity contribution >= 4 is 17.6 Å². The number of benzene rings is 2. The molecule has 2 aromatic carbocycles. The number of Topliss-reactive ketones (excluding diaryl/α,β-unsaturated/α-hetero) is 1. The van der Waals surface area contributed by atoms with Crippen LogP contribution in [-0.4, -0.2) is 42.1 Å². The van der Waals surface area contributed by atoms with E-state index in [1.54, 1.807) is 0 Å². The summed E-state index contributed by atoms with van der Waals surface area (Å²) < 4.78 is 0. The summed E-state index contributed by atoms with van der Waals surface area (Å²) in [6.07, 6.45) is 2.00. The number of hydrogen-bond acceptors (Lipinski definition) is 3. The molecule has 5 heteroatoms. The Bertz CT molecular complexity index is 838. The Hall–Kier alpha value is -2.95. The molecule has 0 bridgehead atoms. The summed E-state index contributed by atoms with van der Waals surface area (Å²) >= 11 is 0. The monoisotopic (exact) mass is 392 g/mol. The number of nitrogens with zero attached hydrogens (tertiary/aromatic N) is 1. The van der Waals surface area contributed by atoms with Crippen molar-refractivity contribution in [3.8, 4) is 0 Å². The summed E-state index contributed by atoms with van der Waals surface area (Å²) in [7, 11) is 0. The van der Waals surface area contributed by atoms with E-state index in [9.17, 15) is 14.4 Å². The topological polar surface area (TPSA) is 66.5 Å². The summed E-state index contributed by atoms with van der Waals surface area (Å²) in [5, 5.41) is 2.81. The van der Waals surface area contributed by atoms with Gasteiger partial charge in [-0.2, -0.15) is 0 Å². The van der Waals surface area contributed by atoms with Crippen LogP contribution < -0.4 is 5.32 Å². The first-order chi connectivity index (χ1) is 14.0. The molecule has 1 saturated heterocycles. The lowest BCUT2D eigenvalue weighted by atomic mass is 9.88. The van der Waals surface area contributed by atoms with Gasteiger partial charge in [-0.05, 0) is 25.3 Å². The molecule has 2 aromatic rings. The maximum atomic E-state index is 12.6. The average Bonchev–Trinajstić information content (AvgIpc) is 2.74. The number of hydrogen-bond donors (Lipinski definition) is 1. The van der Waals surface area contributed by atoms with Gasteiger partial charge in [0.1, 0.15) is 0 Å². The lowest BCUT2D eigenvalue weighted by Crippen LogP contribution is -2.41. The van der Waals surface area contributed by atoms with Gasteiger partial charge in [0.05, 0.1) is 6.42 Å². The zero-order chi connectivity index (χ0) is 20.6. The van der Waals surface area contributed by atoms with E-state index >= 15 is 0 Å². The van der Waals surface area contributed by atoms with Gasteiger partial charge in [-0.3, -0.25) is 14.4 Å². The van der Waals surface area contributed by atoms with Crippen molar-refractivity contribution in [3.63, 3.8) is 0 Å². The van der Waals surface area contributed by atoms with Crippen molar-refractivity contribution in [2.24, 2.45) is 5.92 Å². The van der Waals surface area contributed by atoms with Gasteiger partial charge in [0.15, 0.2) is 5.78 Å². The van der Waals surface area contributed by atoms with Gasteiger partial charge < -0.3 is 10.2 Å². The molecule has 0 aromatic heterocycles. The second-order valence-corrected chi connectivity index (χ2v) is 7.65. The fourth-order valence-corrected chi connectivity index (χ4v) is 3.66. The van der Waals surface area contributed by atoms with Crippen LogP contribution in [0.2, 0.25) is 0 Å². The largest absolute Gasteiger partial charge is 0.355 e. The minimum Gasteiger partial charge on any atom is -0.355 e. The predicted octanol–water partition coefficient (Wildman–Crippen LogP) is 3.17. The Morgan fingerprint density at radius 3 is 2.28 bits per heavy atom. The first-order valence-corrected chi connectivity index (χ1v) is 10.2. The Morgan fingerprint density at radius 2 is 1.62 bits per heavy atom. The molecule has 0 spiro atoms. The van der Waals surface area contributed by atoms with E-state index in [-0.39, 0.29) is 29.9 Å². The van der Waals surface area contributed by atoms with Crippen LogP contribution in [0.1, 0.15) is 40.7 Å². The highest BCUT2D eigenvalue weighted by atomic mass is 16.2. The van der Waals surface area contributed by atoms with Gasteiger partial charge in [-0.1, -0.05) is 60.2 Å². The number of amides is 2. The SMILES string of the molecule is Cc1ccc(C(=O)C2CCN(C(=O)CCNC(=O)Cc3ccccc3)CC2)cc1. The van der Waals surface area contributed by atoms with Crippen LogP contribution >= 0.6 is 0 Å². The molecule has 0 saturated carbocycles. The highest BCUT2D eigenvalue weighted by Gasteiger charge is 2.27. The third-order valence-electron chi connectivity index (χ3n) is 5.42. The molecule has 0 atom stereocenters. The molecule has 1 heterocycles. The van der Waals surface area contributed by atoms with Gasteiger partial charge in [0, 0.05) is 37.5 Å². The van der Waals surface area contributed by atoms with Crippen molar-refractivity contribution in [1.82, 2.24) is 10.2 Å². The van der Waals surface area contributed by atoms with Crippen LogP contribution in [0.5, 0.6) is 0 Å². The Kier molecular flexibility index (Phi) is 7.17. The Morgan fingerprint density at radius 1 is 0.966 bits per heavy atom. The third kappa shape index (κ3) is 6.01. The van der Waals surface area contributed by atoms with Crippen LogP contribution in [0.4, 0.5) is 0 Å². The quantitative estimate of drug-likeness (QED) is 0.736. The number of likely N-dealkylation sites (tertiary alicyclic amines) is 1.